The Kier molecular flexibility index (Phi) is 2.76. The number of benzene rings is 1. The van der Waals surface area contributed by atoms with Gasteiger partial charge in [-0.25, -0.2) is 0 Å². The smallest absolute Gasteiger partial charge is 0.257 e. The van der Waals surface area contributed by atoms with Gasteiger partial charge in [0.25, 0.3) is 5.91 Å². The van der Waals surface area contributed by atoms with Gasteiger partial charge in [0, 0.05) is 23.3 Å². The average molecular weight is 251 g/mol. The molecule has 2 aromatic heterocycles. The number of hydrogen-bond donors (Lipinski definition) is 2. The first-order valence-electron chi connectivity index (χ1n) is 6.05. The van der Waals surface area contributed by atoms with Crippen LogP contribution in [0, 0.1) is 6.92 Å². The van der Waals surface area contributed by atoms with Gasteiger partial charge in [-0.3, -0.25) is 9.78 Å². The van der Waals surface area contributed by atoms with Crippen LogP contribution in [0.15, 0.2) is 48.8 Å². The Hall–Kier alpha value is -2.62. The highest BCUT2D eigenvalue weighted by molar-refractivity contribution is 6.12. The van der Waals surface area contributed by atoms with Crippen molar-refractivity contribution >= 4 is 22.5 Å². The molecule has 0 aliphatic rings. The van der Waals surface area contributed by atoms with Gasteiger partial charge in [0.05, 0.1) is 16.9 Å². The number of fused-ring (bicyclic) bond motifs is 1. The Morgan fingerprint density at radius 3 is 2.89 bits per heavy atom. The SMILES string of the molecule is Cc1ncccc1NC(=O)c1c[nH]c2ccccc12. The Bertz CT molecular complexity index is 746. The van der Waals surface area contributed by atoms with Gasteiger partial charge in [0.15, 0.2) is 0 Å². The molecule has 1 amide bonds. The van der Waals surface area contributed by atoms with Crippen molar-refractivity contribution in [3.05, 3.63) is 60.0 Å². The fourth-order valence-corrected chi connectivity index (χ4v) is 2.07. The minimum Gasteiger partial charge on any atom is -0.360 e. The number of carbonyl (C=O) groups excluding carboxylic acids is 1. The number of hydrogen-bond acceptors (Lipinski definition) is 2. The predicted octanol–water partition coefficient (Wildman–Crippen LogP) is 3.12. The van der Waals surface area contributed by atoms with Crippen molar-refractivity contribution < 1.29 is 4.79 Å². The number of carbonyl (C=O) groups is 1. The van der Waals surface area contributed by atoms with Crippen molar-refractivity contribution in [3.8, 4) is 0 Å². The van der Waals surface area contributed by atoms with Crippen molar-refractivity contribution in [3.63, 3.8) is 0 Å². The first kappa shape index (κ1) is 11.5. The highest BCUT2D eigenvalue weighted by atomic mass is 16.1. The molecule has 2 heterocycles. The maximum absolute atomic E-state index is 12.3. The summed E-state index contributed by atoms with van der Waals surface area (Å²) in [4.78, 5) is 19.5. The summed E-state index contributed by atoms with van der Waals surface area (Å²) in [6.07, 6.45) is 3.43. The molecule has 3 aromatic rings. The molecule has 4 heteroatoms. The maximum atomic E-state index is 12.3. The number of aromatic amines is 1. The third kappa shape index (κ3) is 2.08. The van der Waals surface area contributed by atoms with E-state index in [1.807, 2.05) is 37.3 Å². The molecule has 2 N–H and O–H groups in total. The van der Waals surface area contributed by atoms with Crippen LogP contribution in [-0.2, 0) is 0 Å². The van der Waals surface area contributed by atoms with E-state index in [2.05, 4.69) is 15.3 Å². The van der Waals surface area contributed by atoms with Crippen LogP contribution in [0.25, 0.3) is 10.9 Å². The molecular formula is C15H13N3O. The van der Waals surface area contributed by atoms with Crippen LogP contribution in [-0.4, -0.2) is 15.9 Å². The van der Waals surface area contributed by atoms with Crippen molar-refractivity contribution in [1.29, 1.82) is 0 Å². The first-order valence-corrected chi connectivity index (χ1v) is 6.05. The molecule has 4 nitrogen and oxygen atoms in total. The standard InChI is InChI=1S/C15H13N3O/c1-10-13(7-4-8-16-10)18-15(19)12-9-17-14-6-3-2-5-11(12)14/h2-9,17H,1H3,(H,18,19). The van der Waals surface area contributed by atoms with Crippen LogP contribution in [0.1, 0.15) is 16.1 Å². The molecule has 0 saturated carbocycles. The van der Waals surface area contributed by atoms with Gasteiger partial charge in [-0.2, -0.15) is 0 Å². The predicted molar refractivity (Wildman–Crippen MR) is 75.2 cm³/mol. The van der Waals surface area contributed by atoms with E-state index in [0.717, 1.165) is 22.3 Å². The number of amides is 1. The van der Waals surface area contributed by atoms with Crippen molar-refractivity contribution in [2.75, 3.05) is 5.32 Å². The second kappa shape index (κ2) is 4.57. The third-order valence-electron chi connectivity index (χ3n) is 3.09. The highest BCUT2D eigenvalue weighted by Crippen LogP contribution is 2.19. The lowest BCUT2D eigenvalue weighted by molar-refractivity contribution is 0.102. The Morgan fingerprint density at radius 1 is 1.21 bits per heavy atom. The van der Waals surface area contributed by atoms with E-state index >= 15 is 0 Å². The molecule has 0 unspecified atom stereocenters. The van der Waals surface area contributed by atoms with Gasteiger partial charge in [-0.15, -0.1) is 0 Å². The topological polar surface area (TPSA) is 57.8 Å². The summed E-state index contributed by atoms with van der Waals surface area (Å²) in [6.45, 7) is 1.87. The number of aryl methyl sites for hydroxylation is 1. The van der Waals surface area contributed by atoms with Crippen molar-refractivity contribution in [2.24, 2.45) is 0 Å². The second-order valence-corrected chi connectivity index (χ2v) is 4.34. The minimum absolute atomic E-state index is 0.131. The molecule has 0 fully saturated rings. The van der Waals surface area contributed by atoms with Crippen LogP contribution in [0.4, 0.5) is 5.69 Å². The van der Waals surface area contributed by atoms with Crippen LogP contribution in [0.3, 0.4) is 0 Å². The number of pyridine rings is 1. The number of nitrogens with zero attached hydrogens (tertiary/aromatic N) is 1. The molecule has 0 radical (unpaired) electrons. The Balaban J connectivity index is 1.95. The van der Waals surface area contributed by atoms with Crippen LogP contribution < -0.4 is 5.32 Å². The van der Waals surface area contributed by atoms with E-state index < -0.39 is 0 Å². The van der Waals surface area contributed by atoms with E-state index in [0.29, 0.717) is 5.56 Å². The minimum atomic E-state index is -0.131. The quantitative estimate of drug-likeness (QED) is 0.735. The van der Waals surface area contributed by atoms with Crippen LogP contribution in [0.2, 0.25) is 0 Å². The molecule has 3 rings (SSSR count). The summed E-state index contributed by atoms with van der Waals surface area (Å²) < 4.78 is 0. The van der Waals surface area contributed by atoms with Crippen molar-refractivity contribution in [1.82, 2.24) is 9.97 Å². The molecule has 0 saturated heterocycles. The lowest BCUT2D eigenvalue weighted by atomic mass is 10.1. The Morgan fingerprint density at radius 2 is 2.05 bits per heavy atom. The average Bonchev–Trinajstić information content (AvgIpc) is 2.85. The molecule has 0 atom stereocenters. The summed E-state index contributed by atoms with van der Waals surface area (Å²) in [5, 5.41) is 3.80. The van der Waals surface area contributed by atoms with E-state index in [4.69, 9.17) is 0 Å². The van der Waals surface area contributed by atoms with Crippen molar-refractivity contribution in [2.45, 2.75) is 6.92 Å². The Labute approximate surface area is 110 Å². The molecule has 19 heavy (non-hydrogen) atoms. The van der Waals surface area contributed by atoms with E-state index in [9.17, 15) is 4.79 Å². The fraction of sp³-hybridized carbons (Fsp3) is 0.0667. The molecule has 0 aliphatic heterocycles. The van der Waals surface area contributed by atoms with Gasteiger partial charge in [0.1, 0.15) is 0 Å². The third-order valence-corrected chi connectivity index (χ3v) is 3.09. The zero-order valence-corrected chi connectivity index (χ0v) is 10.5. The van der Waals surface area contributed by atoms with Crippen LogP contribution in [0.5, 0.6) is 0 Å². The fourth-order valence-electron chi connectivity index (χ4n) is 2.07. The zero-order chi connectivity index (χ0) is 13.2. The summed E-state index contributed by atoms with van der Waals surface area (Å²) >= 11 is 0. The molecular weight excluding hydrogens is 238 g/mol. The molecule has 0 spiro atoms. The maximum Gasteiger partial charge on any atom is 0.257 e. The normalized spacial score (nSPS) is 10.6. The van der Waals surface area contributed by atoms with Crippen LogP contribution >= 0.6 is 0 Å². The van der Waals surface area contributed by atoms with Gasteiger partial charge in [-0.05, 0) is 25.1 Å². The monoisotopic (exact) mass is 251 g/mol. The van der Waals surface area contributed by atoms with E-state index in [1.54, 1.807) is 18.5 Å². The van der Waals surface area contributed by atoms with Gasteiger partial charge >= 0.3 is 0 Å². The number of nitrogens with one attached hydrogen (secondary N) is 2. The highest BCUT2D eigenvalue weighted by Gasteiger charge is 2.12. The largest absolute Gasteiger partial charge is 0.360 e. The number of para-hydroxylation sites is 1. The zero-order valence-electron chi connectivity index (χ0n) is 10.5. The lowest BCUT2D eigenvalue weighted by Gasteiger charge is -2.06. The summed E-state index contributed by atoms with van der Waals surface area (Å²) in [7, 11) is 0. The summed E-state index contributed by atoms with van der Waals surface area (Å²) in [6, 6.07) is 11.4. The summed E-state index contributed by atoms with van der Waals surface area (Å²) in [5.41, 5.74) is 3.13. The van der Waals surface area contributed by atoms with E-state index in [-0.39, 0.29) is 5.91 Å². The first-order chi connectivity index (χ1) is 9.25. The molecule has 1 aromatic carbocycles. The number of rotatable bonds is 2. The molecule has 0 bridgehead atoms. The van der Waals surface area contributed by atoms with E-state index in [1.165, 1.54) is 0 Å². The lowest BCUT2D eigenvalue weighted by Crippen LogP contribution is -2.12. The molecule has 94 valence electrons. The van der Waals surface area contributed by atoms with Gasteiger partial charge in [-0.1, -0.05) is 18.2 Å². The van der Waals surface area contributed by atoms with Gasteiger partial charge in [0.2, 0.25) is 0 Å². The summed E-state index contributed by atoms with van der Waals surface area (Å²) in [5.74, 6) is -0.131. The number of aromatic nitrogens is 2. The second-order valence-electron chi connectivity index (χ2n) is 4.34. The number of anilines is 1. The number of H-pyrrole nitrogens is 1. The molecule has 0 aliphatic carbocycles. The van der Waals surface area contributed by atoms with Gasteiger partial charge < -0.3 is 10.3 Å².